The van der Waals surface area contributed by atoms with E-state index in [1.807, 2.05) is 13.8 Å². The first kappa shape index (κ1) is 10.9. The van der Waals surface area contributed by atoms with Crippen molar-refractivity contribution in [2.45, 2.75) is 19.4 Å². The summed E-state index contributed by atoms with van der Waals surface area (Å²) in [6, 6.07) is 4.01. The molecular formula is C10H14F2N2. The molecule has 1 aromatic rings. The van der Waals surface area contributed by atoms with Gasteiger partial charge in [-0.1, -0.05) is 6.07 Å². The van der Waals surface area contributed by atoms with Gasteiger partial charge in [-0.25, -0.2) is 8.78 Å². The van der Waals surface area contributed by atoms with Crippen LogP contribution in [0.3, 0.4) is 0 Å². The average Bonchev–Trinajstić information content (AvgIpc) is 2.13. The second kappa shape index (κ2) is 3.92. The highest BCUT2D eigenvalue weighted by atomic mass is 19.2. The van der Waals surface area contributed by atoms with Crippen molar-refractivity contribution in [3.05, 3.63) is 29.8 Å². The quantitative estimate of drug-likeness (QED) is 0.784. The van der Waals surface area contributed by atoms with E-state index in [2.05, 4.69) is 5.32 Å². The Hall–Kier alpha value is -1.16. The van der Waals surface area contributed by atoms with Crippen LogP contribution in [0.4, 0.5) is 14.5 Å². The molecule has 0 aliphatic rings. The lowest BCUT2D eigenvalue weighted by Gasteiger charge is -2.25. The van der Waals surface area contributed by atoms with Gasteiger partial charge in [0.25, 0.3) is 0 Å². The first-order valence-corrected chi connectivity index (χ1v) is 4.38. The molecule has 0 aromatic heterocycles. The first-order chi connectivity index (χ1) is 6.46. The van der Waals surface area contributed by atoms with E-state index in [4.69, 9.17) is 5.73 Å². The molecule has 0 saturated carbocycles. The number of hydrogen-bond acceptors (Lipinski definition) is 2. The highest BCUT2D eigenvalue weighted by Gasteiger charge is 2.17. The monoisotopic (exact) mass is 200 g/mol. The average molecular weight is 200 g/mol. The Morgan fingerprint density at radius 3 is 2.57 bits per heavy atom. The molecule has 0 radical (unpaired) electrons. The Bertz CT molecular complexity index is 324. The van der Waals surface area contributed by atoms with Crippen LogP contribution in [-0.2, 0) is 0 Å². The Labute approximate surface area is 82.1 Å². The Balaban J connectivity index is 2.92. The molecule has 0 unspecified atom stereocenters. The summed E-state index contributed by atoms with van der Waals surface area (Å²) in [6.07, 6.45) is 0. The van der Waals surface area contributed by atoms with Crippen LogP contribution in [0.15, 0.2) is 18.2 Å². The fourth-order valence-electron chi connectivity index (χ4n) is 1.02. The SMILES string of the molecule is CC(C)(CN)Nc1cccc(F)c1F. The maximum Gasteiger partial charge on any atom is 0.181 e. The number of benzene rings is 1. The zero-order chi connectivity index (χ0) is 10.8. The number of hydrogen-bond donors (Lipinski definition) is 2. The van der Waals surface area contributed by atoms with Crippen LogP contribution < -0.4 is 11.1 Å². The smallest absolute Gasteiger partial charge is 0.181 e. The Morgan fingerprint density at radius 2 is 2.00 bits per heavy atom. The maximum atomic E-state index is 13.2. The molecule has 0 fully saturated rings. The molecule has 1 aromatic carbocycles. The van der Waals surface area contributed by atoms with Crippen LogP contribution in [0.25, 0.3) is 0 Å². The molecule has 2 nitrogen and oxygen atoms in total. The fraction of sp³-hybridized carbons (Fsp3) is 0.400. The van der Waals surface area contributed by atoms with E-state index in [1.54, 1.807) is 0 Å². The highest BCUT2D eigenvalue weighted by molar-refractivity contribution is 5.47. The molecule has 0 amide bonds. The number of halogens is 2. The first-order valence-electron chi connectivity index (χ1n) is 4.38. The van der Waals surface area contributed by atoms with Crippen molar-refractivity contribution in [1.29, 1.82) is 0 Å². The van der Waals surface area contributed by atoms with E-state index in [0.717, 1.165) is 6.07 Å². The zero-order valence-corrected chi connectivity index (χ0v) is 8.27. The lowest BCUT2D eigenvalue weighted by molar-refractivity contribution is 0.503. The number of nitrogens with one attached hydrogen (secondary N) is 1. The van der Waals surface area contributed by atoms with Crippen molar-refractivity contribution in [3.8, 4) is 0 Å². The van der Waals surface area contributed by atoms with Crippen molar-refractivity contribution in [3.63, 3.8) is 0 Å². The van der Waals surface area contributed by atoms with Gasteiger partial charge in [-0.3, -0.25) is 0 Å². The second-order valence-electron chi connectivity index (χ2n) is 3.81. The minimum absolute atomic E-state index is 0.139. The Kier molecular flexibility index (Phi) is 3.06. The van der Waals surface area contributed by atoms with Crippen molar-refractivity contribution < 1.29 is 8.78 Å². The molecule has 0 spiro atoms. The van der Waals surface area contributed by atoms with Crippen LogP contribution in [0.5, 0.6) is 0 Å². The lowest BCUT2D eigenvalue weighted by atomic mass is 10.1. The van der Waals surface area contributed by atoms with Gasteiger partial charge >= 0.3 is 0 Å². The predicted octanol–water partition coefficient (Wildman–Crippen LogP) is 2.11. The second-order valence-corrected chi connectivity index (χ2v) is 3.81. The summed E-state index contributed by atoms with van der Waals surface area (Å²) in [7, 11) is 0. The highest BCUT2D eigenvalue weighted by Crippen LogP contribution is 2.20. The van der Waals surface area contributed by atoms with Crippen molar-refractivity contribution in [2.24, 2.45) is 5.73 Å². The van der Waals surface area contributed by atoms with Crippen molar-refractivity contribution in [2.75, 3.05) is 11.9 Å². The van der Waals surface area contributed by atoms with Crippen LogP contribution in [-0.4, -0.2) is 12.1 Å². The molecule has 4 heteroatoms. The summed E-state index contributed by atoms with van der Waals surface area (Å²) < 4.78 is 26.0. The third kappa shape index (κ3) is 2.42. The minimum atomic E-state index is -0.867. The molecule has 0 aliphatic heterocycles. The number of rotatable bonds is 3. The zero-order valence-electron chi connectivity index (χ0n) is 8.27. The van der Waals surface area contributed by atoms with Gasteiger partial charge in [0.1, 0.15) is 0 Å². The molecule has 78 valence electrons. The summed E-state index contributed by atoms with van der Waals surface area (Å²) >= 11 is 0. The summed E-state index contributed by atoms with van der Waals surface area (Å²) in [5.41, 5.74) is 5.15. The molecule has 0 heterocycles. The van der Waals surface area contributed by atoms with Gasteiger partial charge in [-0.05, 0) is 26.0 Å². The third-order valence-corrected chi connectivity index (χ3v) is 1.93. The number of anilines is 1. The largest absolute Gasteiger partial charge is 0.376 e. The van der Waals surface area contributed by atoms with Crippen LogP contribution in [0.1, 0.15) is 13.8 Å². The molecule has 0 bridgehead atoms. The van der Waals surface area contributed by atoms with E-state index >= 15 is 0 Å². The van der Waals surface area contributed by atoms with Crippen LogP contribution in [0, 0.1) is 11.6 Å². The normalized spacial score (nSPS) is 11.5. The molecule has 14 heavy (non-hydrogen) atoms. The van der Waals surface area contributed by atoms with Gasteiger partial charge in [0.2, 0.25) is 0 Å². The van der Waals surface area contributed by atoms with E-state index in [-0.39, 0.29) is 5.69 Å². The summed E-state index contributed by atoms with van der Waals surface area (Å²) in [5, 5.41) is 2.84. The lowest BCUT2D eigenvalue weighted by Crippen LogP contribution is -2.39. The molecule has 0 saturated heterocycles. The van der Waals surface area contributed by atoms with Crippen LogP contribution in [0.2, 0.25) is 0 Å². The van der Waals surface area contributed by atoms with Crippen molar-refractivity contribution >= 4 is 5.69 Å². The van der Waals surface area contributed by atoms with Crippen molar-refractivity contribution in [1.82, 2.24) is 0 Å². The van der Waals surface area contributed by atoms with Crippen LogP contribution >= 0.6 is 0 Å². The predicted molar refractivity (Wildman–Crippen MR) is 53.1 cm³/mol. The summed E-state index contributed by atoms with van der Waals surface area (Å²) in [6.45, 7) is 3.97. The third-order valence-electron chi connectivity index (χ3n) is 1.93. The fourth-order valence-corrected chi connectivity index (χ4v) is 1.02. The number of nitrogens with two attached hydrogens (primary N) is 1. The topological polar surface area (TPSA) is 38.0 Å². The molecule has 0 atom stereocenters. The van der Waals surface area contributed by atoms with Gasteiger partial charge in [-0.15, -0.1) is 0 Å². The summed E-state index contributed by atoms with van der Waals surface area (Å²) in [4.78, 5) is 0. The van der Waals surface area contributed by atoms with Gasteiger partial charge in [0.15, 0.2) is 11.6 Å². The van der Waals surface area contributed by atoms with E-state index in [1.165, 1.54) is 12.1 Å². The Morgan fingerprint density at radius 1 is 1.36 bits per heavy atom. The van der Waals surface area contributed by atoms with Gasteiger partial charge in [0, 0.05) is 12.1 Å². The van der Waals surface area contributed by atoms with Gasteiger partial charge in [-0.2, -0.15) is 0 Å². The minimum Gasteiger partial charge on any atom is -0.376 e. The van der Waals surface area contributed by atoms with Gasteiger partial charge in [0.05, 0.1) is 5.69 Å². The summed E-state index contributed by atoms with van der Waals surface area (Å²) in [5.74, 6) is -1.73. The van der Waals surface area contributed by atoms with E-state index < -0.39 is 17.2 Å². The van der Waals surface area contributed by atoms with E-state index in [0.29, 0.717) is 6.54 Å². The molecule has 3 N–H and O–H groups in total. The maximum absolute atomic E-state index is 13.2. The molecule has 1 rings (SSSR count). The molecular weight excluding hydrogens is 186 g/mol. The standard InChI is InChI=1S/C10H14F2N2/c1-10(2,6-13)14-8-5-3-4-7(11)9(8)12/h3-5,14H,6,13H2,1-2H3. The van der Waals surface area contributed by atoms with E-state index in [9.17, 15) is 8.78 Å². The molecule has 0 aliphatic carbocycles. The van der Waals surface area contributed by atoms with Gasteiger partial charge < -0.3 is 11.1 Å².